The molecule has 8 heteroatoms. The van der Waals surface area contributed by atoms with E-state index in [-0.39, 0.29) is 5.56 Å². The molecule has 108 valence electrons. The molecule has 0 aromatic carbocycles. The van der Waals surface area contributed by atoms with Gasteiger partial charge in [-0.2, -0.15) is 0 Å². The van der Waals surface area contributed by atoms with Crippen molar-refractivity contribution >= 4 is 17.9 Å². The summed E-state index contributed by atoms with van der Waals surface area (Å²) in [4.78, 5) is 31.6. The van der Waals surface area contributed by atoms with Crippen LogP contribution in [0.25, 0.3) is 0 Å². The number of carboxylic acid groups (broad SMARTS) is 1. The predicted molar refractivity (Wildman–Crippen MR) is 75.4 cm³/mol. The third kappa shape index (κ3) is 2.88. The van der Waals surface area contributed by atoms with Gasteiger partial charge in [0, 0.05) is 51.0 Å². The van der Waals surface area contributed by atoms with Crippen molar-refractivity contribution < 1.29 is 9.90 Å². The molecule has 1 aliphatic heterocycles. The number of piperazine rings is 1. The van der Waals surface area contributed by atoms with Gasteiger partial charge in [-0.15, -0.1) is 0 Å². The third-order valence-corrected chi connectivity index (χ3v) is 3.28. The third-order valence-electron chi connectivity index (χ3n) is 3.28. The molecule has 8 nitrogen and oxygen atoms in total. The van der Waals surface area contributed by atoms with Crippen LogP contribution in [0.2, 0.25) is 0 Å². The number of rotatable bonds is 3. The summed E-state index contributed by atoms with van der Waals surface area (Å²) < 4.78 is 0. The molecule has 0 bridgehead atoms. The van der Waals surface area contributed by atoms with Crippen LogP contribution in [0.3, 0.4) is 0 Å². The van der Waals surface area contributed by atoms with E-state index in [0.29, 0.717) is 5.95 Å². The smallest absolute Gasteiger partial charge is 0.338 e. The number of nitrogens with zero attached hydrogens (tertiary/aromatic N) is 6. The van der Waals surface area contributed by atoms with Crippen molar-refractivity contribution in [1.29, 1.82) is 0 Å². The molecular formula is C13H14N6O2. The Bertz CT molecular complexity index is 610. The maximum absolute atomic E-state index is 10.8. The van der Waals surface area contributed by atoms with E-state index in [1.54, 1.807) is 18.5 Å². The number of aromatic carboxylic acids is 1. The van der Waals surface area contributed by atoms with Crippen LogP contribution in [0, 0.1) is 0 Å². The Kier molecular flexibility index (Phi) is 3.59. The molecule has 1 aliphatic rings. The van der Waals surface area contributed by atoms with Gasteiger partial charge in [-0.3, -0.25) is 0 Å². The molecule has 0 atom stereocenters. The first-order valence-corrected chi connectivity index (χ1v) is 6.56. The Hall–Kier alpha value is -2.77. The van der Waals surface area contributed by atoms with Gasteiger partial charge in [0.15, 0.2) is 0 Å². The predicted octanol–water partition coefficient (Wildman–Crippen LogP) is 0.291. The van der Waals surface area contributed by atoms with Crippen molar-refractivity contribution in [3.63, 3.8) is 0 Å². The topological polar surface area (TPSA) is 95.3 Å². The van der Waals surface area contributed by atoms with E-state index in [0.717, 1.165) is 32.1 Å². The lowest BCUT2D eigenvalue weighted by Gasteiger charge is -2.34. The molecule has 0 saturated carbocycles. The molecule has 0 aliphatic carbocycles. The molecule has 21 heavy (non-hydrogen) atoms. The first-order valence-electron chi connectivity index (χ1n) is 6.56. The lowest BCUT2D eigenvalue weighted by Crippen LogP contribution is -2.47. The lowest BCUT2D eigenvalue weighted by molar-refractivity contribution is 0.0696. The van der Waals surface area contributed by atoms with Crippen LogP contribution in [-0.4, -0.2) is 57.2 Å². The van der Waals surface area contributed by atoms with Gasteiger partial charge in [0.2, 0.25) is 11.9 Å². The molecule has 3 rings (SSSR count). The molecule has 2 aromatic rings. The van der Waals surface area contributed by atoms with E-state index in [1.165, 1.54) is 12.4 Å². The Balaban J connectivity index is 1.64. The maximum Gasteiger partial charge on any atom is 0.338 e. The molecule has 0 radical (unpaired) electrons. The van der Waals surface area contributed by atoms with Crippen molar-refractivity contribution in [2.75, 3.05) is 36.0 Å². The average molecular weight is 286 g/mol. The normalized spacial score (nSPS) is 15.0. The molecule has 0 amide bonds. The van der Waals surface area contributed by atoms with Crippen LogP contribution in [0.4, 0.5) is 11.9 Å². The number of anilines is 2. The second-order valence-electron chi connectivity index (χ2n) is 4.60. The number of carboxylic acids is 1. The largest absolute Gasteiger partial charge is 0.478 e. The summed E-state index contributed by atoms with van der Waals surface area (Å²) in [5, 5.41) is 8.83. The Morgan fingerprint density at radius 1 is 0.905 bits per heavy atom. The highest BCUT2D eigenvalue weighted by Crippen LogP contribution is 2.14. The molecule has 1 N–H and O–H groups in total. The summed E-state index contributed by atoms with van der Waals surface area (Å²) in [6, 6.07) is 1.79. The minimum atomic E-state index is -1.02. The molecular weight excluding hydrogens is 272 g/mol. The lowest BCUT2D eigenvalue weighted by atomic mass is 10.3. The summed E-state index contributed by atoms with van der Waals surface area (Å²) >= 11 is 0. The fourth-order valence-electron chi connectivity index (χ4n) is 2.16. The van der Waals surface area contributed by atoms with Crippen molar-refractivity contribution in [2.45, 2.75) is 0 Å². The maximum atomic E-state index is 10.8. The van der Waals surface area contributed by atoms with E-state index in [9.17, 15) is 4.79 Å². The monoisotopic (exact) mass is 286 g/mol. The Morgan fingerprint density at radius 2 is 1.38 bits per heavy atom. The van der Waals surface area contributed by atoms with E-state index in [2.05, 4.69) is 24.8 Å². The summed E-state index contributed by atoms with van der Waals surface area (Å²) in [6.07, 6.45) is 6.11. The van der Waals surface area contributed by atoms with Crippen LogP contribution in [0.5, 0.6) is 0 Å². The number of hydrogen-bond acceptors (Lipinski definition) is 7. The van der Waals surface area contributed by atoms with Crippen LogP contribution >= 0.6 is 0 Å². The Morgan fingerprint density at radius 3 is 1.86 bits per heavy atom. The average Bonchev–Trinajstić information content (AvgIpc) is 2.56. The molecule has 0 unspecified atom stereocenters. The molecule has 2 aromatic heterocycles. The van der Waals surface area contributed by atoms with E-state index in [4.69, 9.17) is 5.11 Å². The number of aromatic nitrogens is 4. The molecule has 0 spiro atoms. The zero-order valence-electron chi connectivity index (χ0n) is 11.3. The number of carbonyl (C=O) groups is 1. The highest BCUT2D eigenvalue weighted by Gasteiger charge is 2.20. The summed E-state index contributed by atoms with van der Waals surface area (Å²) in [6.45, 7) is 3.03. The van der Waals surface area contributed by atoms with Crippen LogP contribution in [0.15, 0.2) is 30.9 Å². The zero-order valence-corrected chi connectivity index (χ0v) is 11.3. The van der Waals surface area contributed by atoms with Gasteiger partial charge in [0.25, 0.3) is 0 Å². The SMILES string of the molecule is O=C(O)c1cnc(N2CCN(c3ncccn3)CC2)nc1. The van der Waals surface area contributed by atoms with Gasteiger partial charge < -0.3 is 14.9 Å². The summed E-state index contributed by atoms with van der Waals surface area (Å²) in [5.74, 6) is 0.250. The fourth-order valence-corrected chi connectivity index (χ4v) is 2.16. The van der Waals surface area contributed by atoms with Gasteiger partial charge in [0.05, 0.1) is 5.56 Å². The van der Waals surface area contributed by atoms with Crippen LogP contribution in [-0.2, 0) is 0 Å². The van der Waals surface area contributed by atoms with Crippen molar-refractivity contribution in [3.05, 3.63) is 36.4 Å². The van der Waals surface area contributed by atoms with E-state index >= 15 is 0 Å². The van der Waals surface area contributed by atoms with E-state index in [1.807, 2.05) is 4.90 Å². The van der Waals surface area contributed by atoms with Crippen molar-refractivity contribution in [3.8, 4) is 0 Å². The van der Waals surface area contributed by atoms with Gasteiger partial charge in [-0.25, -0.2) is 24.7 Å². The standard InChI is InChI=1S/C13H14N6O2/c20-11(21)10-8-16-13(17-9-10)19-6-4-18(5-7-19)12-14-2-1-3-15-12/h1-3,8-9H,4-7H2,(H,20,21). The highest BCUT2D eigenvalue weighted by molar-refractivity contribution is 5.86. The first kappa shape index (κ1) is 13.2. The fraction of sp³-hybridized carbons (Fsp3) is 0.308. The zero-order chi connectivity index (χ0) is 14.7. The first-order chi connectivity index (χ1) is 10.2. The molecule has 3 heterocycles. The Labute approximate surface area is 121 Å². The van der Waals surface area contributed by atoms with Crippen LogP contribution in [0.1, 0.15) is 10.4 Å². The summed E-state index contributed by atoms with van der Waals surface area (Å²) in [5.41, 5.74) is 0.0927. The quantitative estimate of drug-likeness (QED) is 0.860. The van der Waals surface area contributed by atoms with Gasteiger partial charge in [-0.05, 0) is 6.07 Å². The van der Waals surface area contributed by atoms with Crippen molar-refractivity contribution in [1.82, 2.24) is 19.9 Å². The summed E-state index contributed by atoms with van der Waals surface area (Å²) in [7, 11) is 0. The highest BCUT2D eigenvalue weighted by atomic mass is 16.4. The molecule has 1 fully saturated rings. The van der Waals surface area contributed by atoms with Gasteiger partial charge >= 0.3 is 5.97 Å². The van der Waals surface area contributed by atoms with Crippen LogP contribution < -0.4 is 9.80 Å². The second-order valence-corrected chi connectivity index (χ2v) is 4.60. The van der Waals surface area contributed by atoms with E-state index < -0.39 is 5.97 Å². The molecule has 1 saturated heterocycles. The van der Waals surface area contributed by atoms with Gasteiger partial charge in [0.1, 0.15) is 0 Å². The van der Waals surface area contributed by atoms with Gasteiger partial charge in [-0.1, -0.05) is 0 Å². The van der Waals surface area contributed by atoms with Crippen molar-refractivity contribution in [2.24, 2.45) is 0 Å². The number of hydrogen-bond donors (Lipinski definition) is 1. The minimum absolute atomic E-state index is 0.0927. The minimum Gasteiger partial charge on any atom is -0.478 e. The second kappa shape index (κ2) is 5.70.